The van der Waals surface area contributed by atoms with Gasteiger partial charge in [-0.05, 0) is 17.9 Å². The van der Waals surface area contributed by atoms with Crippen molar-refractivity contribution in [1.29, 1.82) is 0 Å². The largest absolute Gasteiger partial charge is 0.368 e. The zero-order valence-electron chi connectivity index (χ0n) is 7.43. The highest BCUT2D eigenvalue weighted by Gasteiger charge is 2.17. The number of carbonyl (C=O) groups excluding carboxylic acids is 1. The van der Waals surface area contributed by atoms with Crippen LogP contribution < -0.4 is 5.73 Å². The molecule has 1 rings (SSSR count). The molecule has 0 saturated carbocycles. The third-order valence-electron chi connectivity index (χ3n) is 1.55. The van der Waals surface area contributed by atoms with Gasteiger partial charge in [0.1, 0.15) is 5.25 Å². The number of aromatic nitrogens is 1. The molecular formula is C9H12N2OS. The first-order valence-electron chi connectivity index (χ1n) is 4.07. The van der Waals surface area contributed by atoms with Crippen molar-refractivity contribution in [3.05, 3.63) is 30.1 Å². The van der Waals surface area contributed by atoms with Crippen LogP contribution >= 0.6 is 11.8 Å². The molecular weight excluding hydrogens is 184 g/mol. The van der Waals surface area contributed by atoms with Gasteiger partial charge >= 0.3 is 0 Å². The van der Waals surface area contributed by atoms with Crippen LogP contribution in [0.4, 0.5) is 0 Å². The van der Waals surface area contributed by atoms with Gasteiger partial charge in [-0.15, -0.1) is 11.8 Å². The lowest BCUT2D eigenvalue weighted by Gasteiger charge is -2.10. The molecule has 0 aliphatic heterocycles. The number of pyridine rings is 1. The molecule has 13 heavy (non-hydrogen) atoms. The van der Waals surface area contributed by atoms with Crippen LogP contribution in [0.3, 0.4) is 0 Å². The van der Waals surface area contributed by atoms with Gasteiger partial charge in [0.2, 0.25) is 5.91 Å². The number of hydrogen-bond acceptors (Lipinski definition) is 3. The molecule has 1 heterocycles. The highest BCUT2D eigenvalue weighted by Crippen LogP contribution is 2.25. The summed E-state index contributed by atoms with van der Waals surface area (Å²) in [5, 5.41) is -0.314. The van der Waals surface area contributed by atoms with Crippen LogP contribution in [0.15, 0.2) is 24.4 Å². The van der Waals surface area contributed by atoms with Crippen molar-refractivity contribution in [1.82, 2.24) is 4.98 Å². The maximum atomic E-state index is 11.1. The third kappa shape index (κ3) is 2.73. The Morgan fingerprint density at radius 2 is 2.46 bits per heavy atom. The Morgan fingerprint density at radius 1 is 1.69 bits per heavy atom. The number of thioether (sulfide) groups is 1. The summed E-state index contributed by atoms with van der Waals surface area (Å²) in [7, 11) is 0. The van der Waals surface area contributed by atoms with E-state index in [1.54, 1.807) is 6.20 Å². The van der Waals surface area contributed by atoms with Gasteiger partial charge in [0, 0.05) is 6.20 Å². The Morgan fingerprint density at radius 3 is 2.92 bits per heavy atom. The molecule has 1 amide bonds. The average Bonchev–Trinajstić information content (AvgIpc) is 2.15. The molecule has 4 heteroatoms. The van der Waals surface area contributed by atoms with Gasteiger partial charge < -0.3 is 5.73 Å². The highest BCUT2D eigenvalue weighted by molar-refractivity contribution is 8.00. The second-order valence-electron chi connectivity index (χ2n) is 2.49. The van der Waals surface area contributed by atoms with Gasteiger partial charge in [-0.25, -0.2) is 0 Å². The van der Waals surface area contributed by atoms with Crippen molar-refractivity contribution in [2.24, 2.45) is 5.73 Å². The van der Waals surface area contributed by atoms with Gasteiger partial charge in [0.15, 0.2) is 0 Å². The number of primary amides is 1. The van der Waals surface area contributed by atoms with E-state index in [4.69, 9.17) is 5.73 Å². The predicted octanol–water partition coefficient (Wildman–Crippen LogP) is 1.36. The summed E-state index contributed by atoms with van der Waals surface area (Å²) >= 11 is 1.50. The van der Waals surface area contributed by atoms with E-state index in [9.17, 15) is 4.79 Å². The average molecular weight is 196 g/mol. The Kier molecular flexibility index (Phi) is 3.76. The summed E-state index contributed by atoms with van der Waals surface area (Å²) in [6.07, 6.45) is 1.67. The molecule has 1 aromatic rings. The lowest BCUT2D eigenvalue weighted by molar-refractivity contribution is -0.117. The molecule has 0 aromatic carbocycles. The van der Waals surface area contributed by atoms with Crippen molar-refractivity contribution in [2.75, 3.05) is 5.75 Å². The molecule has 1 unspecified atom stereocenters. The monoisotopic (exact) mass is 196 g/mol. The SMILES string of the molecule is CCSC(C(N)=O)c1ccccn1. The van der Waals surface area contributed by atoms with E-state index in [0.29, 0.717) is 0 Å². The predicted molar refractivity (Wildman–Crippen MR) is 54.3 cm³/mol. The van der Waals surface area contributed by atoms with Crippen LogP contribution in [-0.4, -0.2) is 16.6 Å². The van der Waals surface area contributed by atoms with Gasteiger partial charge in [-0.1, -0.05) is 13.0 Å². The van der Waals surface area contributed by atoms with E-state index in [1.807, 2.05) is 25.1 Å². The summed E-state index contributed by atoms with van der Waals surface area (Å²) in [6.45, 7) is 1.99. The van der Waals surface area contributed by atoms with Crippen molar-refractivity contribution >= 4 is 17.7 Å². The lowest BCUT2D eigenvalue weighted by atomic mass is 10.2. The van der Waals surface area contributed by atoms with Crippen LogP contribution in [0.5, 0.6) is 0 Å². The van der Waals surface area contributed by atoms with Gasteiger partial charge in [-0.2, -0.15) is 0 Å². The highest BCUT2D eigenvalue weighted by atomic mass is 32.2. The van der Waals surface area contributed by atoms with Crippen LogP contribution in [0, 0.1) is 0 Å². The molecule has 0 aliphatic carbocycles. The van der Waals surface area contributed by atoms with Gasteiger partial charge in [-0.3, -0.25) is 9.78 Å². The first kappa shape index (κ1) is 10.1. The molecule has 0 fully saturated rings. The molecule has 70 valence electrons. The molecule has 0 bridgehead atoms. The maximum Gasteiger partial charge on any atom is 0.236 e. The summed E-state index contributed by atoms with van der Waals surface area (Å²) in [6, 6.07) is 5.49. The van der Waals surface area contributed by atoms with E-state index >= 15 is 0 Å². The number of nitrogens with two attached hydrogens (primary N) is 1. The van der Waals surface area contributed by atoms with E-state index in [0.717, 1.165) is 11.4 Å². The molecule has 0 saturated heterocycles. The minimum Gasteiger partial charge on any atom is -0.368 e. The standard InChI is InChI=1S/C9H12N2OS/c1-2-13-8(9(10)12)7-5-3-4-6-11-7/h3-6,8H,2H2,1H3,(H2,10,12). The van der Waals surface area contributed by atoms with Crippen molar-refractivity contribution in [3.63, 3.8) is 0 Å². The second-order valence-corrected chi connectivity index (χ2v) is 3.87. The van der Waals surface area contributed by atoms with Crippen molar-refractivity contribution < 1.29 is 4.79 Å². The summed E-state index contributed by atoms with van der Waals surface area (Å²) in [5.41, 5.74) is 5.99. The minimum absolute atomic E-state index is 0.314. The fraction of sp³-hybridized carbons (Fsp3) is 0.333. The van der Waals surface area contributed by atoms with Crippen LogP contribution in [0.25, 0.3) is 0 Å². The fourth-order valence-corrected chi connectivity index (χ4v) is 1.82. The molecule has 2 N–H and O–H groups in total. The Hall–Kier alpha value is -1.03. The third-order valence-corrected chi connectivity index (χ3v) is 2.69. The van der Waals surface area contributed by atoms with Crippen molar-refractivity contribution in [2.45, 2.75) is 12.2 Å². The normalized spacial score (nSPS) is 12.4. The molecule has 0 spiro atoms. The number of hydrogen-bond donors (Lipinski definition) is 1. The minimum atomic E-state index is -0.328. The zero-order valence-corrected chi connectivity index (χ0v) is 8.25. The van der Waals surface area contributed by atoms with E-state index in [-0.39, 0.29) is 11.2 Å². The smallest absolute Gasteiger partial charge is 0.236 e. The Labute approximate surface area is 81.7 Å². The van der Waals surface area contributed by atoms with Crippen molar-refractivity contribution in [3.8, 4) is 0 Å². The van der Waals surface area contributed by atoms with Crippen LogP contribution in [0.2, 0.25) is 0 Å². The summed E-state index contributed by atoms with van der Waals surface area (Å²) in [5.74, 6) is 0.523. The molecule has 0 radical (unpaired) electrons. The zero-order chi connectivity index (χ0) is 9.68. The van der Waals surface area contributed by atoms with E-state index < -0.39 is 0 Å². The number of amides is 1. The van der Waals surface area contributed by atoms with Gasteiger partial charge in [0.05, 0.1) is 5.69 Å². The lowest BCUT2D eigenvalue weighted by Crippen LogP contribution is -2.19. The first-order chi connectivity index (χ1) is 6.25. The Bertz CT molecular complexity index is 276. The van der Waals surface area contributed by atoms with Gasteiger partial charge in [0.25, 0.3) is 0 Å². The second kappa shape index (κ2) is 4.87. The fourth-order valence-electron chi connectivity index (χ4n) is 1.01. The van der Waals surface area contributed by atoms with E-state index in [2.05, 4.69) is 4.98 Å². The first-order valence-corrected chi connectivity index (χ1v) is 5.12. The Balaban J connectivity index is 2.82. The maximum absolute atomic E-state index is 11.1. The van der Waals surface area contributed by atoms with E-state index in [1.165, 1.54) is 11.8 Å². The molecule has 0 aliphatic rings. The van der Waals surface area contributed by atoms with Crippen LogP contribution in [-0.2, 0) is 4.79 Å². The molecule has 1 atom stereocenters. The summed E-state index contributed by atoms with van der Waals surface area (Å²) < 4.78 is 0. The van der Waals surface area contributed by atoms with Crippen LogP contribution in [0.1, 0.15) is 17.9 Å². The quantitative estimate of drug-likeness (QED) is 0.791. The molecule has 1 aromatic heterocycles. The number of carbonyl (C=O) groups is 1. The topological polar surface area (TPSA) is 56.0 Å². The number of nitrogens with zero attached hydrogens (tertiary/aromatic N) is 1. The number of rotatable bonds is 4. The summed E-state index contributed by atoms with van der Waals surface area (Å²) in [4.78, 5) is 15.1. The molecule has 3 nitrogen and oxygen atoms in total.